The van der Waals surface area contributed by atoms with E-state index in [0.29, 0.717) is 24.8 Å². The highest BCUT2D eigenvalue weighted by atomic mass is 32.2. The summed E-state index contributed by atoms with van der Waals surface area (Å²) in [6.45, 7) is 5.95. The molecule has 0 radical (unpaired) electrons. The third-order valence-electron chi connectivity index (χ3n) is 6.21. The first-order chi connectivity index (χ1) is 19.0. The number of anilines is 1. The van der Waals surface area contributed by atoms with Gasteiger partial charge in [-0.25, -0.2) is 13.4 Å². The van der Waals surface area contributed by atoms with Gasteiger partial charge in [0.25, 0.3) is 0 Å². The zero-order chi connectivity index (χ0) is 29.3. The molecule has 1 aliphatic heterocycles. The number of alkyl halides is 3. The second-order valence-electron chi connectivity index (χ2n) is 9.41. The summed E-state index contributed by atoms with van der Waals surface area (Å²) in [4.78, 5) is 26.9. The highest BCUT2D eigenvalue weighted by Crippen LogP contribution is 2.39. The van der Waals surface area contributed by atoms with Crippen LogP contribution in [0.2, 0.25) is 0 Å². The van der Waals surface area contributed by atoms with Crippen LogP contribution < -0.4 is 9.64 Å². The fourth-order valence-electron chi connectivity index (χ4n) is 4.43. The van der Waals surface area contributed by atoms with Crippen LogP contribution in [-0.4, -0.2) is 44.2 Å². The molecule has 0 amide bonds. The second-order valence-corrected chi connectivity index (χ2v) is 11.3. The summed E-state index contributed by atoms with van der Waals surface area (Å²) in [5, 5.41) is -0.127. The molecule has 3 aromatic rings. The summed E-state index contributed by atoms with van der Waals surface area (Å²) >= 11 is 0. The van der Waals surface area contributed by atoms with Crippen LogP contribution in [0.15, 0.2) is 59.6 Å². The molecule has 1 aromatic carbocycles. The summed E-state index contributed by atoms with van der Waals surface area (Å²) in [5.74, 6) is 0.737. The average molecular weight is 578 g/mol. The van der Waals surface area contributed by atoms with E-state index in [2.05, 4.69) is 21.8 Å². The number of pyridine rings is 2. The Bertz CT molecular complexity index is 1440. The fraction of sp³-hybridized carbons (Fsp3) is 0.393. The molecule has 1 aliphatic rings. The van der Waals surface area contributed by atoms with Gasteiger partial charge >= 0.3 is 12.3 Å². The van der Waals surface area contributed by atoms with Gasteiger partial charge in [-0.05, 0) is 61.6 Å². The molecule has 4 rings (SSSR count). The first-order valence-corrected chi connectivity index (χ1v) is 14.4. The third kappa shape index (κ3) is 7.89. The molecule has 0 saturated carbocycles. The number of piperidine rings is 1. The molecule has 3 heterocycles. The van der Waals surface area contributed by atoms with Gasteiger partial charge in [0, 0.05) is 18.7 Å². The van der Waals surface area contributed by atoms with E-state index in [1.54, 1.807) is 30.3 Å². The summed E-state index contributed by atoms with van der Waals surface area (Å²) in [7, 11) is -3.97. The van der Waals surface area contributed by atoms with Gasteiger partial charge in [0.2, 0.25) is 9.84 Å². The van der Waals surface area contributed by atoms with Crippen molar-refractivity contribution in [1.82, 2.24) is 9.97 Å². The van der Waals surface area contributed by atoms with E-state index in [-0.39, 0.29) is 33.9 Å². The van der Waals surface area contributed by atoms with Crippen molar-refractivity contribution in [3.8, 4) is 17.0 Å². The predicted octanol–water partition coefficient (Wildman–Crippen LogP) is 5.58. The number of halogens is 3. The van der Waals surface area contributed by atoms with Gasteiger partial charge in [-0.15, -0.1) is 0 Å². The van der Waals surface area contributed by atoms with Crippen LogP contribution in [0.25, 0.3) is 11.3 Å². The van der Waals surface area contributed by atoms with Crippen LogP contribution in [0.3, 0.4) is 0 Å². The Balaban J connectivity index is 0.00000141. The highest BCUT2D eigenvalue weighted by molar-refractivity contribution is 7.90. The van der Waals surface area contributed by atoms with Crippen LogP contribution in [0, 0.1) is 5.92 Å². The number of ether oxygens (including phenoxy) is 1. The van der Waals surface area contributed by atoms with Crippen LogP contribution in [0.4, 0.5) is 19.0 Å². The predicted molar refractivity (Wildman–Crippen MR) is 141 cm³/mol. The molecule has 1 fully saturated rings. The molecular formula is C28H30F3N3O5S. The number of carbonyl (C=O) groups excluding carboxylic acids is 2. The molecule has 1 saturated heterocycles. The molecule has 2 aromatic heterocycles. The zero-order valence-electron chi connectivity index (χ0n) is 22.1. The van der Waals surface area contributed by atoms with Crippen molar-refractivity contribution in [3.63, 3.8) is 0 Å². The molecule has 0 N–H and O–H groups in total. The van der Waals surface area contributed by atoms with Crippen LogP contribution in [0.5, 0.6) is 5.75 Å². The lowest BCUT2D eigenvalue weighted by Gasteiger charge is -2.32. The van der Waals surface area contributed by atoms with Crippen LogP contribution in [0.1, 0.15) is 44.4 Å². The summed E-state index contributed by atoms with van der Waals surface area (Å²) < 4.78 is 73.9. The van der Waals surface area contributed by atoms with Crippen molar-refractivity contribution in [3.05, 3.63) is 65.9 Å². The lowest BCUT2D eigenvalue weighted by Crippen LogP contribution is -2.35. The topological polar surface area (TPSA) is 107 Å². The van der Waals surface area contributed by atoms with E-state index in [1.165, 1.54) is 12.1 Å². The molecule has 0 spiro atoms. The number of nitrogens with zero attached hydrogens (tertiary/aromatic N) is 3. The SMILES string of the molecule is CCCOc1ccccc1-c1nc(CS(=O)(=O)c2cccc(N3CCC[C@H](C)C3)n2)ccc1C(F)(F)F.O=C=O. The van der Waals surface area contributed by atoms with Crippen molar-refractivity contribution in [2.75, 3.05) is 24.6 Å². The summed E-state index contributed by atoms with van der Waals surface area (Å²) in [5.41, 5.74) is -1.18. The number of rotatable bonds is 8. The van der Waals surface area contributed by atoms with Gasteiger partial charge in [-0.1, -0.05) is 32.0 Å². The highest BCUT2D eigenvalue weighted by Gasteiger charge is 2.36. The van der Waals surface area contributed by atoms with E-state index >= 15 is 0 Å². The number of hydrogen-bond donors (Lipinski definition) is 0. The Hall–Kier alpha value is -3.76. The standard InChI is InChI=1S/C27H30F3N3O3S.CO2/c1-3-16-36-23-10-5-4-9-21(23)26-22(27(28,29)30)14-13-20(31-26)18-37(34,35)25-12-6-11-24(32-25)33-15-7-8-19(2)17-33;2-1-3/h4-6,9-14,19H,3,7-8,15-18H2,1-2H3;/t19-;/m0./s1. The first-order valence-electron chi connectivity index (χ1n) is 12.7. The first kappa shape index (κ1) is 30.8. The Labute approximate surface area is 231 Å². The van der Waals surface area contributed by atoms with Gasteiger partial charge in [0.15, 0.2) is 5.03 Å². The Morgan fingerprint density at radius 2 is 1.77 bits per heavy atom. The van der Waals surface area contributed by atoms with E-state index in [0.717, 1.165) is 38.1 Å². The molecular weight excluding hydrogens is 547 g/mol. The van der Waals surface area contributed by atoms with E-state index in [1.807, 2.05) is 6.92 Å². The van der Waals surface area contributed by atoms with Crippen LogP contribution >= 0.6 is 0 Å². The molecule has 214 valence electrons. The lowest BCUT2D eigenvalue weighted by atomic mass is 10.0. The van der Waals surface area contributed by atoms with Gasteiger partial charge < -0.3 is 9.64 Å². The van der Waals surface area contributed by atoms with Gasteiger partial charge in [0.1, 0.15) is 11.6 Å². The zero-order valence-corrected chi connectivity index (χ0v) is 23.0. The molecule has 8 nitrogen and oxygen atoms in total. The van der Waals surface area contributed by atoms with Gasteiger partial charge in [-0.2, -0.15) is 22.8 Å². The number of hydrogen-bond acceptors (Lipinski definition) is 8. The maximum Gasteiger partial charge on any atom is 0.418 e. The van der Waals surface area contributed by atoms with Crippen molar-refractivity contribution >= 4 is 21.8 Å². The molecule has 40 heavy (non-hydrogen) atoms. The largest absolute Gasteiger partial charge is 0.493 e. The minimum Gasteiger partial charge on any atom is -0.493 e. The minimum absolute atomic E-state index is 0.00732. The van der Waals surface area contributed by atoms with Crippen molar-refractivity contribution in [1.29, 1.82) is 0 Å². The fourth-order valence-corrected chi connectivity index (χ4v) is 5.65. The monoisotopic (exact) mass is 577 g/mol. The molecule has 0 bridgehead atoms. The van der Waals surface area contributed by atoms with Gasteiger partial charge in [-0.3, -0.25) is 4.98 Å². The van der Waals surface area contributed by atoms with E-state index in [9.17, 15) is 21.6 Å². The Morgan fingerprint density at radius 1 is 1.05 bits per heavy atom. The third-order valence-corrected chi connectivity index (χ3v) is 7.75. The molecule has 1 atom stereocenters. The summed E-state index contributed by atoms with van der Waals surface area (Å²) in [6.07, 6.45) is -1.64. The van der Waals surface area contributed by atoms with Gasteiger partial charge in [0.05, 0.1) is 29.3 Å². The minimum atomic E-state index is -4.68. The smallest absolute Gasteiger partial charge is 0.418 e. The number of benzene rings is 1. The van der Waals surface area contributed by atoms with Crippen molar-refractivity contribution in [2.45, 2.75) is 50.1 Å². The maximum absolute atomic E-state index is 13.9. The summed E-state index contributed by atoms with van der Waals surface area (Å²) in [6, 6.07) is 13.1. The second kappa shape index (κ2) is 13.5. The molecule has 12 heteroatoms. The molecule has 0 unspecified atom stereocenters. The molecule has 0 aliphatic carbocycles. The van der Waals surface area contributed by atoms with E-state index in [4.69, 9.17) is 14.3 Å². The van der Waals surface area contributed by atoms with Crippen molar-refractivity contribution in [2.24, 2.45) is 5.92 Å². The lowest BCUT2D eigenvalue weighted by molar-refractivity contribution is -0.191. The average Bonchev–Trinajstić information content (AvgIpc) is 2.92. The number of sulfone groups is 1. The number of aromatic nitrogens is 2. The van der Waals surface area contributed by atoms with E-state index < -0.39 is 27.3 Å². The quantitative estimate of drug-likeness (QED) is 0.342. The Kier molecular flexibility index (Phi) is 10.4. The van der Waals surface area contributed by atoms with Crippen molar-refractivity contribution < 1.29 is 35.9 Å². The number of para-hydroxylation sites is 1. The maximum atomic E-state index is 13.9. The van der Waals surface area contributed by atoms with Crippen LogP contribution in [-0.2, 0) is 31.4 Å². The normalized spacial score (nSPS) is 15.5. The Morgan fingerprint density at radius 3 is 2.45 bits per heavy atom.